The molecule has 0 aliphatic carbocycles. The normalized spacial score (nSPS) is 10.6. The molecule has 0 saturated heterocycles. The van der Waals surface area contributed by atoms with E-state index in [1.165, 1.54) is 0 Å². The van der Waals surface area contributed by atoms with Gasteiger partial charge in [0.05, 0.1) is 12.3 Å². The van der Waals surface area contributed by atoms with Crippen molar-refractivity contribution in [1.29, 1.82) is 0 Å². The van der Waals surface area contributed by atoms with E-state index >= 15 is 0 Å². The van der Waals surface area contributed by atoms with Crippen LogP contribution >= 0.6 is 11.3 Å². The summed E-state index contributed by atoms with van der Waals surface area (Å²) in [6.45, 7) is 4.12. The van der Waals surface area contributed by atoms with Crippen LogP contribution in [0.2, 0.25) is 0 Å². The Morgan fingerprint density at radius 2 is 2.29 bits per heavy atom. The lowest BCUT2D eigenvalue weighted by molar-refractivity contribution is 0.181. The third-order valence-corrected chi connectivity index (χ3v) is 3.27. The number of anilines is 1. The molecule has 14 heavy (non-hydrogen) atoms. The van der Waals surface area contributed by atoms with Gasteiger partial charge in [-0.3, -0.25) is 0 Å². The SMILES string of the molecule is CCN(C)c1nc(COC)c(CN)s1. The molecule has 0 unspecified atom stereocenters. The zero-order chi connectivity index (χ0) is 10.6. The van der Waals surface area contributed by atoms with Gasteiger partial charge in [-0.15, -0.1) is 11.3 Å². The summed E-state index contributed by atoms with van der Waals surface area (Å²) in [5.41, 5.74) is 6.60. The van der Waals surface area contributed by atoms with Crippen molar-refractivity contribution >= 4 is 16.5 Å². The first-order valence-electron chi connectivity index (χ1n) is 4.61. The Kier molecular flexibility index (Phi) is 4.31. The summed E-state index contributed by atoms with van der Waals surface area (Å²) in [5, 5.41) is 1.01. The molecule has 1 rings (SSSR count). The van der Waals surface area contributed by atoms with E-state index in [0.717, 1.165) is 22.2 Å². The summed E-state index contributed by atoms with van der Waals surface area (Å²) in [6, 6.07) is 0. The highest BCUT2D eigenvalue weighted by Crippen LogP contribution is 2.25. The lowest BCUT2D eigenvalue weighted by Crippen LogP contribution is -2.15. The van der Waals surface area contributed by atoms with Gasteiger partial charge in [-0.05, 0) is 6.92 Å². The molecular formula is C9H17N3OS. The van der Waals surface area contributed by atoms with E-state index in [0.29, 0.717) is 13.2 Å². The monoisotopic (exact) mass is 215 g/mol. The highest BCUT2D eigenvalue weighted by atomic mass is 32.1. The van der Waals surface area contributed by atoms with E-state index in [1.54, 1.807) is 18.4 Å². The molecule has 2 N–H and O–H groups in total. The minimum Gasteiger partial charge on any atom is -0.378 e. The molecule has 1 aromatic rings. The maximum absolute atomic E-state index is 5.63. The molecule has 0 atom stereocenters. The number of ether oxygens (including phenoxy) is 1. The van der Waals surface area contributed by atoms with Crippen molar-refractivity contribution in [2.45, 2.75) is 20.1 Å². The highest BCUT2D eigenvalue weighted by Gasteiger charge is 2.11. The zero-order valence-corrected chi connectivity index (χ0v) is 9.73. The fraction of sp³-hybridized carbons (Fsp3) is 0.667. The van der Waals surface area contributed by atoms with Crippen LogP contribution in [0, 0.1) is 0 Å². The largest absolute Gasteiger partial charge is 0.378 e. The van der Waals surface area contributed by atoms with Gasteiger partial charge in [0.2, 0.25) is 0 Å². The van der Waals surface area contributed by atoms with Crippen molar-refractivity contribution in [3.8, 4) is 0 Å². The van der Waals surface area contributed by atoms with Crippen molar-refractivity contribution in [2.75, 3.05) is 25.6 Å². The summed E-state index contributed by atoms with van der Waals surface area (Å²) >= 11 is 1.64. The average Bonchev–Trinajstić information content (AvgIpc) is 2.60. The van der Waals surface area contributed by atoms with Crippen molar-refractivity contribution in [3.63, 3.8) is 0 Å². The number of nitrogens with zero attached hydrogens (tertiary/aromatic N) is 2. The van der Waals surface area contributed by atoms with Crippen molar-refractivity contribution in [1.82, 2.24) is 4.98 Å². The molecule has 0 aliphatic heterocycles. The second-order valence-corrected chi connectivity index (χ2v) is 4.08. The topological polar surface area (TPSA) is 51.4 Å². The van der Waals surface area contributed by atoms with Gasteiger partial charge in [0.1, 0.15) is 0 Å². The van der Waals surface area contributed by atoms with Crippen LogP contribution in [0.4, 0.5) is 5.13 Å². The molecule has 5 heteroatoms. The van der Waals surface area contributed by atoms with Crippen molar-refractivity contribution < 1.29 is 4.74 Å². The predicted molar refractivity (Wildman–Crippen MR) is 59.7 cm³/mol. The highest BCUT2D eigenvalue weighted by molar-refractivity contribution is 7.15. The van der Waals surface area contributed by atoms with Crippen LogP contribution in [0.5, 0.6) is 0 Å². The summed E-state index contributed by atoms with van der Waals surface area (Å²) in [6.07, 6.45) is 0. The third-order valence-electron chi connectivity index (χ3n) is 2.03. The molecule has 4 nitrogen and oxygen atoms in total. The van der Waals surface area contributed by atoms with E-state index in [1.807, 2.05) is 7.05 Å². The molecule has 0 spiro atoms. The van der Waals surface area contributed by atoms with Gasteiger partial charge in [0.25, 0.3) is 0 Å². The van der Waals surface area contributed by atoms with Gasteiger partial charge in [0, 0.05) is 32.1 Å². The molecule has 0 saturated carbocycles. The Hall–Kier alpha value is -0.650. The Morgan fingerprint density at radius 3 is 2.79 bits per heavy atom. The summed E-state index contributed by atoms with van der Waals surface area (Å²) in [5.74, 6) is 0. The average molecular weight is 215 g/mol. The summed E-state index contributed by atoms with van der Waals surface area (Å²) in [7, 11) is 3.69. The van der Waals surface area contributed by atoms with Gasteiger partial charge in [-0.1, -0.05) is 0 Å². The third kappa shape index (κ3) is 2.43. The Bertz CT molecular complexity index is 288. The molecule has 0 amide bonds. The summed E-state index contributed by atoms with van der Waals surface area (Å²) < 4.78 is 5.07. The maximum Gasteiger partial charge on any atom is 0.185 e. The first kappa shape index (κ1) is 11.4. The fourth-order valence-electron chi connectivity index (χ4n) is 1.08. The lowest BCUT2D eigenvalue weighted by Gasteiger charge is -2.11. The van der Waals surface area contributed by atoms with Gasteiger partial charge in [-0.25, -0.2) is 4.98 Å². The van der Waals surface area contributed by atoms with E-state index in [9.17, 15) is 0 Å². The van der Waals surface area contributed by atoms with Crippen LogP contribution in [-0.2, 0) is 17.9 Å². The molecule has 80 valence electrons. The van der Waals surface area contributed by atoms with Crippen LogP contribution in [0.3, 0.4) is 0 Å². The summed E-state index contributed by atoms with van der Waals surface area (Å²) in [4.78, 5) is 7.69. The Balaban J connectivity index is 2.88. The molecule has 0 radical (unpaired) electrons. The molecular weight excluding hydrogens is 198 g/mol. The minimum atomic E-state index is 0.536. The van der Waals surface area contributed by atoms with Crippen LogP contribution in [0.1, 0.15) is 17.5 Å². The number of rotatable bonds is 5. The Labute approximate surface area is 88.7 Å². The molecule has 0 fully saturated rings. The standard InChI is InChI=1S/C9H17N3OS/c1-4-12(2)9-11-7(6-13-3)8(5-10)14-9/h4-6,10H2,1-3H3. The van der Waals surface area contributed by atoms with Crippen LogP contribution < -0.4 is 10.6 Å². The van der Waals surface area contributed by atoms with E-state index in [-0.39, 0.29) is 0 Å². The number of hydrogen-bond acceptors (Lipinski definition) is 5. The number of thiazole rings is 1. The van der Waals surface area contributed by atoms with Gasteiger partial charge < -0.3 is 15.4 Å². The fourth-order valence-corrected chi connectivity index (χ4v) is 2.04. The number of hydrogen-bond donors (Lipinski definition) is 1. The first-order chi connectivity index (χ1) is 6.72. The van der Waals surface area contributed by atoms with Gasteiger partial charge in [0.15, 0.2) is 5.13 Å². The molecule has 1 heterocycles. The van der Waals surface area contributed by atoms with Crippen LogP contribution in [-0.4, -0.2) is 25.7 Å². The second-order valence-electron chi connectivity index (χ2n) is 3.02. The number of methoxy groups -OCH3 is 1. The molecule has 1 aromatic heterocycles. The van der Waals surface area contributed by atoms with Crippen LogP contribution in [0.25, 0.3) is 0 Å². The first-order valence-corrected chi connectivity index (χ1v) is 5.43. The smallest absolute Gasteiger partial charge is 0.185 e. The van der Waals surface area contributed by atoms with E-state index in [2.05, 4.69) is 16.8 Å². The quantitative estimate of drug-likeness (QED) is 0.802. The maximum atomic E-state index is 5.63. The minimum absolute atomic E-state index is 0.536. The zero-order valence-electron chi connectivity index (χ0n) is 8.91. The molecule has 0 bridgehead atoms. The Morgan fingerprint density at radius 1 is 1.57 bits per heavy atom. The molecule has 0 aliphatic rings. The van der Waals surface area contributed by atoms with E-state index < -0.39 is 0 Å². The van der Waals surface area contributed by atoms with Crippen molar-refractivity contribution in [2.24, 2.45) is 5.73 Å². The lowest BCUT2D eigenvalue weighted by atomic mass is 10.4. The van der Waals surface area contributed by atoms with Crippen molar-refractivity contribution in [3.05, 3.63) is 10.6 Å². The number of nitrogens with two attached hydrogens (primary N) is 1. The predicted octanol–water partition coefficient (Wildman–Crippen LogP) is 1.20. The van der Waals surface area contributed by atoms with E-state index in [4.69, 9.17) is 10.5 Å². The molecule has 0 aromatic carbocycles. The van der Waals surface area contributed by atoms with Crippen LogP contribution in [0.15, 0.2) is 0 Å². The van der Waals surface area contributed by atoms with Gasteiger partial charge >= 0.3 is 0 Å². The number of aromatic nitrogens is 1. The second kappa shape index (κ2) is 5.29. The van der Waals surface area contributed by atoms with Gasteiger partial charge in [-0.2, -0.15) is 0 Å².